The first-order chi connectivity index (χ1) is 13.5. The summed E-state index contributed by atoms with van der Waals surface area (Å²) in [4.78, 5) is 2.41. The van der Waals surface area contributed by atoms with Crippen LogP contribution in [0.4, 0.5) is 5.82 Å². The normalized spacial score (nSPS) is 16.8. The number of aryl methyl sites for hydroxylation is 1. The van der Waals surface area contributed by atoms with Crippen molar-refractivity contribution >= 4 is 21.5 Å². The Balaban J connectivity index is 1.21. The number of rotatable bonds is 5. The molecule has 0 amide bonds. The molecule has 0 aliphatic carbocycles. The quantitative estimate of drug-likeness (QED) is 0.675. The van der Waals surface area contributed by atoms with E-state index in [0.717, 1.165) is 42.5 Å². The van der Waals surface area contributed by atoms with Gasteiger partial charge in [0.15, 0.2) is 11.5 Å². The van der Waals surface area contributed by atoms with Gasteiger partial charge in [0.25, 0.3) is 0 Å². The molecule has 0 saturated carbocycles. The van der Waals surface area contributed by atoms with E-state index in [4.69, 9.17) is 4.74 Å². The second-order valence-electron chi connectivity index (χ2n) is 7.20. The van der Waals surface area contributed by atoms with Gasteiger partial charge in [-0.2, -0.15) is 4.52 Å². The van der Waals surface area contributed by atoms with Gasteiger partial charge in [0.05, 0.1) is 11.5 Å². The van der Waals surface area contributed by atoms with Gasteiger partial charge in [0.2, 0.25) is 10.0 Å². The predicted molar refractivity (Wildman–Crippen MR) is 102 cm³/mol. The standard InChI is InChI=1S/C18H20N6O3S/c1-12-20-21-17-4-5-18(22-24(12)17)23-10-13(11-23)9-19-28(25,26)15-2-3-16-14(8-15)6-7-27-16/h2-5,8,13,19H,6-7,9-11H2,1H3. The maximum atomic E-state index is 12.6. The Kier molecular flexibility index (Phi) is 3.98. The van der Waals surface area contributed by atoms with E-state index >= 15 is 0 Å². The fourth-order valence-electron chi connectivity index (χ4n) is 3.58. The van der Waals surface area contributed by atoms with E-state index in [2.05, 4.69) is 24.9 Å². The van der Waals surface area contributed by atoms with E-state index in [1.54, 1.807) is 22.7 Å². The topological polar surface area (TPSA) is 102 Å². The molecule has 1 saturated heterocycles. The average Bonchev–Trinajstić information content (AvgIpc) is 3.26. The Morgan fingerprint density at radius 1 is 1.21 bits per heavy atom. The highest BCUT2D eigenvalue weighted by Gasteiger charge is 2.30. The van der Waals surface area contributed by atoms with Crippen molar-refractivity contribution in [1.82, 2.24) is 24.5 Å². The van der Waals surface area contributed by atoms with Crippen LogP contribution >= 0.6 is 0 Å². The van der Waals surface area contributed by atoms with Crippen molar-refractivity contribution in [1.29, 1.82) is 0 Å². The van der Waals surface area contributed by atoms with Crippen LogP contribution in [0, 0.1) is 12.8 Å². The molecule has 0 bridgehead atoms. The smallest absolute Gasteiger partial charge is 0.240 e. The highest BCUT2D eigenvalue weighted by Crippen LogP contribution is 2.28. The summed E-state index contributed by atoms with van der Waals surface area (Å²) in [5.41, 5.74) is 1.66. The third-order valence-electron chi connectivity index (χ3n) is 5.22. The number of sulfonamides is 1. The Labute approximate surface area is 162 Å². The van der Waals surface area contributed by atoms with Gasteiger partial charge in [0, 0.05) is 32.0 Å². The number of hydrogen-bond donors (Lipinski definition) is 1. The molecular weight excluding hydrogens is 380 g/mol. The zero-order valence-electron chi connectivity index (χ0n) is 15.4. The summed E-state index contributed by atoms with van der Waals surface area (Å²) < 4.78 is 35.1. The maximum absolute atomic E-state index is 12.6. The van der Waals surface area contributed by atoms with Crippen molar-refractivity contribution < 1.29 is 13.2 Å². The number of fused-ring (bicyclic) bond motifs is 2. The molecule has 1 fully saturated rings. The summed E-state index contributed by atoms with van der Waals surface area (Å²) in [6, 6.07) is 8.84. The molecular formula is C18H20N6O3S. The molecule has 10 heteroatoms. The van der Waals surface area contributed by atoms with Crippen LogP contribution in [-0.2, 0) is 16.4 Å². The lowest BCUT2D eigenvalue weighted by Crippen LogP contribution is -2.51. The number of hydrogen-bond acceptors (Lipinski definition) is 7. The molecule has 2 aromatic heterocycles. The largest absolute Gasteiger partial charge is 0.493 e. The van der Waals surface area contributed by atoms with Crippen LogP contribution in [0.25, 0.3) is 5.65 Å². The van der Waals surface area contributed by atoms with Gasteiger partial charge in [-0.15, -0.1) is 15.3 Å². The van der Waals surface area contributed by atoms with E-state index in [0.29, 0.717) is 23.7 Å². The minimum absolute atomic E-state index is 0.243. The van der Waals surface area contributed by atoms with E-state index in [-0.39, 0.29) is 5.92 Å². The number of anilines is 1. The van der Waals surface area contributed by atoms with E-state index in [1.807, 2.05) is 19.1 Å². The fraction of sp³-hybridized carbons (Fsp3) is 0.389. The summed E-state index contributed by atoms with van der Waals surface area (Å²) in [6.45, 7) is 4.37. The molecule has 28 heavy (non-hydrogen) atoms. The van der Waals surface area contributed by atoms with Crippen LogP contribution in [0.5, 0.6) is 5.75 Å². The minimum Gasteiger partial charge on any atom is -0.493 e. The van der Waals surface area contributed by atoms with Crippen molar-refractivity contribution in [2.75, 3.05) is 31.1 Å². The highest BCUT2D eigenvalue weighted by atomic mass is 32.2. The summed E-state index contributed by atoms with van der Waals surface area (Å²) in [5, 5.41) is 12.6. The Hall–Kier alpha value is -2.72. The van der Waals surface area contributed by atoms with Gasteiger partial charge >= 0.3 is 0 Å². The number of nitrogens with one attached hydrogen (secondary N) is 1. The van der Waals surface area contributed by atoms with Gasteiger partial charge in [-0.1, -0.05) is 0 Å². The molecule has 3 aromatic rings. The molecule has 2 aliphatic rings. The second kappa shape index (κ2) is 6.42. The molecule has 1 N–H and O–H groups in total. The van der Waals surface area contributed by atoms with Gasteiger partial charge in [-0.05, 0) is 42.8 Å². The lowest BCUT2D eigenvalue weighted by molar-refractivity contribution is 0.356. The predicted octanol–water partition coefficient (Wildman–Crippen LogP) is 0.782. The highest BCUT2D eigenvalue weighted by molar-refractivity contribution is 7.89. The van der Waals surface area contributed by atoms with Crippen LogP contribution in [0.15, 0.2) is 35.2 Å². The monoisotopic (exact) mass is 400 g/mol. The van der Waals surface area contributed by atoms with Gasteiger partial charge in [0.1, 0.15) is 11.6 Å². The lowest BCUT2D eigenvalue weighted by atomic mass is 10.0. The summed E-state index contributed by atoms with van der Waals surface area (Å²) in [7, 11) is -3.52. The zero-order chi connectivity index (χ0) is 19.3. The third kappa shape index (κ3) is 2.98. The van der Waals surface area contributed by atoms with Gasteiger partial charge < -0.3 is 9.64 Å². The SMILES string of the molecule is Cc1nnc2ccc(N3CC(CNS(=O)(=O)c4ccc5c(c4)CCO5)C3)nn12. The minimum atomic E-state index is -3.52. The maximum Gasteiger partial charge on any atom is 0.240 e. The van der Waals surface area contributed by atoms with Crippen LogP contribution in [-0.4, -0.2) is 54.5 Å². The van der Waals surface area contributed by atoms with Crippen LogP contribution in [0.2, 0.25) is 0 Å². The first-order valence-electron chi connectivity index (χ1n) is 9.19. The molecule has 2 aliphatic heterocycles. The number of aromatic nitrogens is 4. The van der Waals surface area contributed by atoms with Crippen molar-refractivity contribution in [2.24, 2.45) is 5.92 Å². The van der Waals surface area contributed by atoms with E-state index in [9.17, 15) is 8.42 Å². The number of ether oxygens (including phenoxy) is 1. The van der Waals surface area contributed by atoms with Gasteiger partial charge in [-0.3, -0.25) is 0 Å². The summed E-state index contributed by atoms with van der Waals surface area (Å²) >= 11 is 0. The molecule has 1 aromatic carbocycles. The number of nitrogens with zero attached hydrogens (tertiary/aromatic N) is 5. The first-order valence-corrected chi connectivity index (χ1v) is 10.7. The van der Waals surface area contributed by atoms with Crippen molar-refractivity contribution in [2.45, 2.75) is 18.2 Å². The Bertz CT molecular complexity index is 1150. The van der Waals surface area contributed by atoms with E-state index < -0.39 is 10.0 Å². The van der Waals surface area contributed by atoms with E-state index in [1.165, 1.54) is 0 Å². The van der Waals surface area contributed by atoms with Crippen molar-refractivity contribution in [3.8, 4) is 5.75 Å². The zero-order valence-corrected chi connectivity index (χ0v) is 16.2. The first kappa shape index (κ1) is 17.4. The van der Waals surface area contributed by atoms with Crippen molar-refractivity contribution in [3.05, 3.63) is 41.7 Å². The third-order valence-corrected chi connectivity index (χ3v) is 6.64. The van der Waals surface area contributed by atoms with Crippen LogP contribution < -0.4 is 14.4 Å². The fourth-order valence-corrected chi connectivity index (χ4v) is 4.75. The number of benzene rings is 1. The average molecular weight is 400 g/mol. The lowest BCUT2D eigenvalue weighted by Gasteiger charge is -2.40. The molecule has 5 rings (SSSR count). The van der Waals surface area contributed by atoms with Crippen LogP contribution in [0.3, 0.4) is 0 Å². The van der Waals surface area contributed by atoms with Crippen LogP contribution in [0.1, 0.15) is 11.4 Å². The molecule has 0 atom stereocenters. The molecule has 0 unspecified atom stereocenters. The molecule has 0 radical (unpaired) electrons. The second-order valence-corrected chi connectivity index (χ2v) is 8.97. The van der Waals surface area contributed by atoms with Gasteiger partial charge in [-0.25, -0.2) is 13.1 Å². The molecule has 4 heterocycles. The Morgan fingerprint density at radius 3 is 2.93 bits per heavy atom. The molecule has 0 spiro atoms. The summed E-state index contributed by atoms with van der Waals surface area (Å²) in [5.74, 6) is 2.60. The Morgan fingerprint density at radius 2 is 2.07 bits per heavy atom. The van der Waals surface area contributed by atoms with Crippen molar-refractivity contribution in [3.63, 3.8) is 0 Å². The molecule has 9 nitrogen and oxygen atoms in total. The molecule has 146 valence electrons. The summed E-state index contributed by atoms with van der Waals surface area (Å²) in [6.07, 6.45) is 0.750.